The molecule has 0 aromatic heterocycles. The molecule has 2 nitrogen and oxygen atoms in total. The van der Waals surface area contributed by atoms with Gasteiger partial charge >= 0.3 is 0 Å². The Bertz CT molecular complexity index is 203. The molecule has 1 fully saturated rings. The number of likely N-dealkylation sites (tertiary alicyclic amines) is 1. The first-order valence-electron chi connectivity index (χ1n) is 4.78. The lowest BCUT2D eigenvalue weighted by molar-refractivity contribution is -0.114. The predicted molar refractivity (Wildman–Crippen MR) is 50.4 cm³/mol. The molecule has 74 valence electrons. The van der Waals surface area contributed by atoms with Crippen molar-refractivity contribution >= 4 is 5.78 Å². The highest BCUT2D eigenvalue weighted by Gasteiger charge is 2.19. The molecule has 0 spiro atoms. The average molecular weight is 185 g/mol. The fourth-order valence-corrected chi connectivity index (χ4v) is 1.40. The van der Waals surface area contributed by atoms with Crippen molar-refractivity contribution in [2.24, 2.45) is 0 Å². The van der Waals surface area contributed by atoms with Gasteiger partial charge in [-0.2, -0.15) is 0 Å². The number of ketones is 1. The van der Waals surface area contributed by atoms with Gasteiger partial charge in [-0.25, -0.2) is 4.39 Å². The van der Waals surface area contributed by atoms with E-state index in [0.717, 1.165) is 6.54 Å². The van der Waals surface area contributed by atoms with Crippen LogP contribution in [0, 0.1) is 0 Å². The van der Waals surface area contributed by atoms with Crippen LogP contribution in [0.2, 0.25) is 0 Å². The lowest BCUT2D eigenvalue weighted by atomic mass is 10.3. The first kappa shape index (κ1) is 10.4. The highest BCUT2D eigenvalue weighted by atomic mass is 19.1. The Morgan fingerprint density at radius 3 is 3.00 bits per heavy atom. The number of nitrogens with zero attached hydrogens (tertiary/aromatic N) is 1. The van der Waals surface area contributed by atoms with E-state index in [1.165, 1.54) is 0 Å². The number of allylic oxidation sites excluding steroid dienone is 1. The zero-order valence-corrected chi connectivity index (χ0v) is 8.00. The Morgan fingerprint density at radius 2 is 2.46 bits per heavy atom. The van der Waals surface area contributed by atoms with Crippen LogP contribution in [0.5, 0.6) is 0 Å². The van der Waals surface area contributed by atoms with Crippen molar-refractivity contribution in [1.29, 1.82) is 0 Å². The van der Waals surface area contributed by atoms with Crippen LogP contribution in [0.1, 0.15) is 19.8 Å². The van der Waals surface area contributed by atoms with E-state index in [-0.39, 0.29) is 5.78 Å². The van der Waals surface area contributed by atoms with Crippen molar-refractivity contribution in [3.05, 3.63) is 12.2 Å². The van der Waals surface area contributed by atoms with E-state index in [1.807, 2.05) is 17.9 Å². The van der Waals surface area contributed by atoms with Crippen molar-refractivity contribution in [3.63, 3.8) is 0 Å². The molecule has 1 heterocycles. The van der Waals surface area contributed by atoms with E-state index in [2.05, 4.69) is 0 Å². The van der Waals surface area contributed by atoms with Crippen LogP contribution < -0.4 is 0 Å². The summed E-state index contributed by atoms with van der Waals surface area (Å²) in [6, 6.07) is 0. The van der Waals surface area contributed by atoms with Gasteiger partial charge < -0.3 is 0 Å². The van der Waals surface area contributed by atoms with Crippen LogP contribution in [0.15, 0.2) is 12.2 Å². The van der Waals surface area contributed by atoms with E-state index in [0.29, 0.717) is 25.9 Å². The van der Waals surface area contributed by atoms with Crippen LogP contribution in [-0.4, -0.2) is 36.5 Å². The summed E-state index contributed by atoms with van der Waals surface area (Å²) in [7, 11) is 0. The molecule has 0 N–H and O–H groups in total. The van der Waals surface area contributed by atoms with Crippen molar-refractivity contribution in [3.8, 4) is 0 Å². The average Bonchev–Trinajstić information content (AvgIpc) is 2.51. The zero-order chi connectivity index (χ0) is 9.68. The van der Waals surface area contributed by atoms with Crippen LogP contribution >= 0.6 is 0 Å². The van der Waals surface area contributed by atoms with Crippen molar-refractivity contribution in [2.75, 3.05) is 19.6 Å². The summed E-state index contributed by atoms with van der Waals surface area (Å²) in [5.41, 5.74) is 0. The monoisotopic (exact) mass is 185 g/mol. The summed E-state index contributed by atoms with van der Waals surface area (Å²) >= 11 is 0. The molecule has 13 heavy (non-hydrogen) atoms. The number of hydrogen-bond acceptors (Lipinski definition) is 2. The van der Waals surface area contributed by atoms with Crippen molar-refractivity contribution in [1.82, 2.24) is 4.90 Å². The largest absolute Gasteiger partial charge is 0.297 e. The van der Waals surface area contributed by atoms with E-state index >= 15 is 0 Å². The van der Waals surface area contributed by atoms with Gasteiger partial charge in [0.1, 0.15) is 6.17 Å². The zero-order valence-electron chi connectivity index (χ0n) is 8.00. The molecule has 1 saturated heterocycles. The summed E-state index contributed by atoms with van der Waals surface area (Å²) in [6.07, 6.45) is 3.92. The van der Waals surface area contributed by atoms with Crippen LogP contribution in [0.3, 0.4) is 0 Å². The molecule has 1 rings (SSSR count). The molecule has 1 aliphatic rings. The quantitative estimate of drug-likeness (QED) is 0.619. The molecular weight excluding hydrogens is 169 g/mol. The highest BCUT2D eigenvalue weighted by molar-refractivity contribution is 5.89. The van der Waals surface area contributed by atoms with Gasteiger partial charge in [0.05, 0.1) is 0 Å². The third-order valence-electron chi connectivity index (χ3n) is 2.23. The Labute approximate surface area is 78.4 Å². The second kappa shape index (κ2) is 5.12. The fourth-order valence-electron chi connectivity index (χ4n) is 1.40. The maximum Gasteiger partial charge on any atom is 0.155 e. The predicted octanol–water partition coefficient (Wildman–Crippen LogP) is 1.57. The van der Waals surface area contributed by atoms with Crippen LogP contribution in [0.4, 0.5) is 4.39 Å². The molecule has 0 radical (unpaired) electrons. The van der Waals surface area contributed by atoms with E-state index in [1.54, 1.807) is 6.08 Å². The van der Waals surface area contributed by atoms with Crippen LogP contribution in [0.25, 0.3) is 0 Å². The number of alkyl halides is 1. The SMILES string of the molecule is CCC(=O)/C=C/CN1CC[C@@H](F)C1. The molecule has 0 aliphatic carbocycles. The number of hydrogen-bond donors (Lipinski definition) is 0. The van der Waals surface area contributed by atoms with Gasteiger partial charge in [0.15, 0.2) is 5.78 Å². The standard InChI is InChI=1S/C10H16FNO/c1-2-10(13)4-3-6-12-7-5-9(11)8-12/h3-4,9H,2,5-8H2,1H3/b4-3+/t9-/m1/s1. The van der Waals surface area contributed by atoms with Gasteiger partial charge in [-0.05, 0) is 12.5 Å². The first-order valence-corrected chi connectivity index (χ1v) is 4.78. The minimum atomic E-state index is -0.671. The van der Waals surface area contributed by atoms with Gasteiger partial charge in [-0.1, -0.05) is 13.0 Å². The van der Waals surface area contributed by atoms with Gasteiger partial charge in [-0.3, -0.25) is 9.69 Å². The Morgan fingerprint density at radius 1 is 1.69 bits per heavy atom. The second-order valence-electron chi connectivity index (χ2n) is 3.37. The summed E-state index contributed by atoms with van der Waals surface area (Å²) in [5.74, 6) is 0.135. The Hall–Kier alpha value is -0.700. The maximum atomic E-state index is 12.7. The molecule has 1 atom stereocenters. The molecule has 1 aliphatic heterocycles. The summed E-state index contributed by atoms with van der Waals surface area (Å²) in [5, 5.41) is 0. The van der Waals surface area contributed by atoms with Gasteiger partial charge in [0, 0.05) is 26.1 Å². The van der Waals surface area contributed by atoms with Gasteiger partial charge in [-0.15, -0.1) is 0 Å². The molecule has 0 saturated carbocycles. The normalized spacial score (nSPS) is 24.3. The Balaban J connectivity index is 2.19. The third kappa shape index (κ3) is 3.68. The smallest absolute Gasteiger partial charge is 0.155 e. The second-order valence-corrected chi connectivity index (χ2v) is 3.37. The summed E-state index contributed by atoms with van der Waals surface area (Å²) < 4.78 is 12.7. The molecule has 0 aromatic rings. The number of rotatable bonds is 4. The van der Waals surface area contributed by atoms with Crippen molar-refractivity contribution in [2.45, 2.75) is 25.9 Å². The molecule has 0 unspecified atom stereocenters. The molecular formula is C10H16FNO. The summed E-state index contributed by atoms with van der Waals surface area (Å²) in [4.78, 5) is 12.9. The summed E-state index contributed by atoms with van der Waals surface area (Å²) in [6.45, 7) is 3.86. The van der Waals surface area contributed by atoms with Crippen LogP contribution in [-0.2, 0) is 4.79 Å². The lowest BCUT2D eigenvalue weighted by Crippen LogP contribution is -2.20. The molecule has 0 amide bonds. The maximum absolute atomic E-state index is 12.7. The molecule has 0 bridgehead atoms. The van der Waals surface area contributed by atoms with Gasteiger partial charge in [0.25, 0.3) is 0 Å². The van der Waals surface area contributed by atoms with Gasteiger partial charge in [0.2, 0.25) is 0 Å². The van der Waals surface area contributed by atoms with E-state index in [9.17, 15) is 9.18 Å². The topological polar surface area (TPSA) is 20.3 Å². The third-order valence-corrected chi connectivity index (χ3v) is 2.23. The molecule has 3 heteroatoms. The Kier molecular flexibility index (Phi) is 4.09. The number of halogens is 1. The minimum absolute atomic E-state index is 0.135. The van der Waals surface area contributed by atoms with E-state index in [4.69, 9.17) is 0 Å². The van der Waals surface area contributed by atoms with Crippen molar-refractivity contribution < 1.29 is 9.18 Å². The number of carbonyl (C=O) groups excluding carboxylic acids is 1. The fraction of sp³-hybridized carbons (Fsp3) is 0.700. The lowest BCUT2D eigenvalue weighted by Gasteiger charge is -2.10. The van der Waals surface area contributed by atoms with E-state index < -0.39 is 6.17 Å². The molecule has 0 aromatic carbocycles. The highest BCUT2D eigenvalue weighted by Crippen LogP contribution is 2.11. The number of carbonyl (C=O) groups is 1. The minimum Gasteiger partial charge on any atom is -0.297 e. The first-order chi connectivity index (χ1) is 6.22.